The largest absolute Gasteiger partial charge is 0.436 e. The van der Waals surface area contributed by atoms with Gasteiger partial charge in [0.1, 0.15) is 5.52 Å². The van der Waals surface area contributed by atoms with Gasteiger partial charge >= 0.3 is 0 Å². The third kappa shape index (κ3) is 2.54. The predicted molar refractivity (Wildman–Crippen MR) is 98.6 cm³/mol. The molecule has 0 spiro atoms. The normalized spacial score (nSPS) is 10.9. The molecule has 3 heteroatoms. The minimum atomic E-state index is 0.640. The fourth-order valence-electron chi connectivity index (χ4n) is 2.90. The van der Waals surface area contributed by atoms with Crippen LogP contribution in [0.4, 0.5) is 11.4 Å². The van der Waals surface area contributed by atoms with E-state index in [2.05, 4.69) is 37.4 Å². The van der Waals surface area contributed by atoms with E-state index >= 15 is 0 Å². The van der Waals surface area contributed by atoms with Gasteiger partial charge in [0.2, 0.25) is 5.89 Å². The third-order valence-electron chi connectivity index (χ3n) is 4.18. The fourth-order valence-corrected chi connectivity index (χ4v) is 2.90. The first-order valence-electron chi connectivity index (χ1n) is 8.00. The number of rotatable bonds is 3. The Bertz CT molecular complexity index is 983. The average molecular weight is 314 g/mol. The summed E-state index contributed by atoms with van der Waals surface area (Å²) in [5.41, 5.74) is 7.10. The Hall–Kier alpha value is -3.07. The standard InChI is InChI=1S/C21H18N2O/c1-14-8-6-9-15(2)19(14)22-17-12-7-13-18-20(17)23-21(24-18)16-10-4-3-5-11-16/h3-13,22H,1-2H3. The Morgan fingerprint density at radius 2 is 1.50 bits per heavy atom. The summed E-state index contributed by atoms with van der Waals surface area (Å²) in [6.07, 6.45) is 0. The summed E-state index contributed by atoms with van der Waals surface area (Å²) >= 11 is 0. The Kier molecular flexibility index (Phi) is 3.54. The summed E-state index contributed by atoms with van der Waals surface area (Å²) in [4.78, 5) is 4.71. The van der Waals surface area contributed by atoms with Crippen LogP contribution in [0.1, 0.15) is 11.1 Å². The summed E-state index contributed by atoms with van der Waals surface area (Å²) in [6, 6.07) is 22.2. The van der Waals surface area contributed by atoms with Crippen molar-refractivity contribution in [3.05, 3.63) is 77.9 Å². The molecule has 3 aromatic carbocycles. The first-order valence-corrected chi connectivity index (χ1v) is 8.00. The van der Waals surface area contributed by atoms with E-state index < -0.39 is 0 Å². The molecule has 0 amide bonds. The molecule has 1 heterocycles. The smallest absolute Gasteiger partial charge is 0.227 e. The molecule has 0 unspecified atom stereocenters. The van der Waals surface area contributed by atoms with Gasteiger partial charge in [0.25, 0.3) is 0 Å². The maximum absolute atomic E-state index is 5.94. The van der Waals surface area contributed by atoms with Crippen molar-refractivity contribution in [1.29, 1.82) is 0 Å². The van der Waals surface area contributed by atoms with Crippen molar-refractivity contribution in [2.24, 2.45) is 0 Å². The number of hydrogen-bond acceptors (Lipinski definition) is 3. The Labute approximate surface area is 141 Å². The van der Waals surface area contributed by atoms with Gasteiger partial charge in [-0.1, -0.05) is 42.5 Å². The predicted octanol–water partition coefficient (Wildman–Crippen LogP) is 5.86. The maximum Gasteiger partial charge on any atom is 0.227 e. The van der Waals surface area contributed by atoms with Crippen LogP contribution >= 0.6 is 0 Å². The first kappa shape index (κ1) is 14.5. The molecule has 0 aliphatic rings. The summed E-state index contributed by atoms with van der Waals surface area (Å²) < 4.78 is 5.94. The van der Waals surface area contributed by atoms with Gasteiger partial charge in [0, 0.05) is 11.3 Å². The number of nitrogens with one attached hydrogen (secondary N) is 1. The number of benzene rings is 3. The summed E-state index contributed by atoms with van der Waals surface area (Å²) in [6.45, 7) is 4.21. The number of anilines is 2. The van der Waals surface area contributed by atoms with Crippen molar-refractivity contribution >= 4 is 22.5 Å². The van der Waals surface area contributed by atoms with Gasteiger partial charge in [0.15, 0.2) is 5.58 Å². The fraction of sp³-hybridized carbons (Fsp3) is 0.0952. The van der Waals surface area contributed by atoms with E-state index in [9.17, 15) is 0 Å². The maximum atomic E-state index is 5.94. The van der Waals surface area contributed by atoms with E-state index in [1.165, 1.54) is 11.1 Å². The van der Waals surface area contributed by atoms with Gasteiger partial charge in [-0.15, -0.1) is 0 Å². The quantitative estimate of drug-likeness (QED) is 0.515. The molecular formula is C21H18N2O. The minimum Gasteiger partial charge on any atom is -0.436 e. The second-order valence-electron chi connectivity index (χ2n) is 5.93. The van der Waals surface area contributed by atoms with E-state index in [1.54, 1.807) is 0 Å². The molecule has 24 heavy (non-hydrogen) atoms. The van der Waals surface area contributed by atoms with Crippen LogP contribution < -0.4 is 5.32 Å². The number of aryl methyl sites for hydroxylation is 2. The molecule has 0 fully saturated rings. The number of hydrogen-bond donors (Lipinski definition) is 1. The van der Waals surface area contributed by atoms with Crippen LogP contribution in [0.5, 0.6) is 0 Å². The third-order valence-corrected chi connectivity index (χ3v) is 4.18. The molecule has 0 saturated carbocycles. The van der Waals surface area contributed by atoms with Crippen LogP contribution in [0, 0.1) is 13.8 Å². The van der Waals surface area contributed by atoms with Crippen LogP contribution in [0.25, 0.3) is 22.6 Å². The van der Waals surface area contributed by atoms with Crippen molar-refractivity contribution in [2.45, 2.75) is 13.8 Å². The number of fused-ring (bicyclic) bond motifs is 1. The zero-order chi connectivity index (χ0) is 16.5. The highest BCUT2D eigenvalue weighted by atomic mass is 16.3. The highest BCUT2D eigenvalue weighted by Crippen LogP contribution is 2.32. The van der Waals surface area contributed by atoms with Crippen molar-refractivity contribution in [3.8, 4) is 11.5 Å². The lowest BCUT2D eigenvalue weighted by atomic mass is 10.1. The molecular weight excluding hydrogens is 296 g/mol. The summed E-state index contributed by atoms with van der Waals surface area (Å²) in [7, 11) is 0. The first-order chi connectivity index (χ1) is 11.7. The second-order valence-corrected chi connectivity index (χ2v) is 5.93. The SMILES string of the molecule is Cc1cccc(C)c1Nc1cccc2oc(-c3ccccc3)nc12. The molecule has 1 N–H and O–H groups in total. The Morgan fingerprint density at radius 3 is 2.25 bits per heavy atom. The van der Waals surface area contributed by atoms with E-state index in [0.29, 0.717) is 5.89 Å². The van der Waals surface area contributed by atoms with Gasteiger partial charge < -0.3 is 9.73 Å². The molecule has 4 aromatic rings. The average Bonchev–Trinajstić information content (AvgIpc) is 3.04. The number of nitrogens with zero attached hydrogens (tertiary/aromatic N) is 1. The van der Waals surface area contributed by atoms with E-state index in [1.807, 2.05) is 48.5 Å². The lowest BCUT2D eigenvalue weighted by molar-refractivity contribution is 0.620. The van der Waals surface area contributed by atoms with Gasteiger partial charge in [0.05, 0.1) is 5.69 Å². The topological polar surface area (TPSA) is 38.1 Å². The van der Waals surface area contributed by atoms with Gasteiger partial charge in [-0.25, -0.2) is 4.98 Å². The molecule has 4 rings (SSSR count). The van der Waals surface area contributed by atoms with Crippen LogP contribution in [0.15, 0.2) is 71.1 Å². The van der Waals surface area contributed by atoms with Gasteiger partial charge in [-0.05, 0) is 49.2 Å². The summed E-state index contributed by atoms with van der Waals surface area (Å²) in [5.74, 6) is 0.640. The molecule has 1 aromatic heterocycles. The monoisotopic (exact) mass is 314 g/mol. The van der Waals surface area contributed by atoms with E-state index in [-0.39, 0.29) is 0 Å². The highest BCUT2D eigenvalue weighted by molar-refractivity contribution is 5.91. The Morgan fingerprint density at radius 1 is 0.792 bits per heavy atom. The van der Waals surface area contributed by atoms with E-state index in [0.717, 1.165) is 28.0 Å². The molecule has 3 nitrogen and oxygen atoms in total. The molecule has 0 atom stereocenters. The van der Waals surface area contributed by atoms with Crippen LogP contribution in [-0.2, 0) is 0 Å². The van der Waals surface area contributed by atoms with Crippen LogP contribution in [0.3, 0.4) is 0 Å². The van der Waals surface area contributed by atoms with Crippen LogP contribution in [0.2, 0.25) is 0 Å². The van der Waals surface area contributed by atoms with E-state index in [4.69, 9.17) is 9.40 Å². The molecule has 0 bridgehead atoms. The lowest BCUT2D eigenvalue weighted by Crippen LogP contribution is -1.96. The number of aromatic nitrogens is 1. The minimum absolute atomic E-state index is 0.640. The zero-order valence-electron chi connectivity index (χ0n) is 13.7. The molecule has 0 aliphatic carbocycles. The van der Waals surface area contributed by atoms with Gasteiger partial charge in [-0.2, -0.15) is 0 Å². The molecule has 0 aliphatic heterocycles. The number of para-hydroxylation sites is 2. The molecule has 0 radical (unpaired) electrons. The summed E-state index contributed by atoms with van der Waals surface area (Å²) in [5, 5.41) is 3.53. The van der Waals surface area contributed by atoms with Crippen LogP contribution in [-0.4, -0.2) is 4.98 Å². The van der Waals surface area contributed by atoms with Crippen molar-refractivity contribution in [1.82, 2.24) is 4.98 Å². The Balaban J connectivity index is 1.81. The van der Waals surface area contributed by atoms with Crippen molar-refractivity contribution in [2.75, 3.05) is 5.32 Å². The lowest BCUT2D eigenvalue weighted by Gasteiger charge is -2.12. The molecule has 118 valence electrons. The van der Waals surface area contributed by atoms with Crippen molar-refractivity contribution < 1.29 is 4.42 Å². The second kappa shape index (κ2) is 5.85. The van der Waals surface area contributed by atoms with Gasteiger partial charge in [-0.3, -0.25) is 0 Å². The number of oxazole rings is 1. The molecule has 0 saturated heterocycles. The van der Waals surface area contributed by atoms with Crippen molar-refractivity contribution in [3.63, 3.8) is 0 Å². The zero-order valence-corrected chi connectivity index (χ0v) is 13.7. The highest BCUT2D eigenvalue weighted by Gasteiger charge is 2.12.